The first-order valence-electron chi connectivity index (χ1n) is 12.9. The lowest BCUT2D eigenvalue weighted by Gasteiger charge is -2.23. The summed E-state index contributed by atoms with van der Waals surface area (Å²) in [4.78, 5) is 0. The molecule has 0 bridgehead atoms. The molecule has 0 fully saturated rings. The van der Waals surface area contributed by atoms with Gasteiger partial charge in [0, 0.05) is 0 Å². The quantitative estimate of drug-likeness (QED) is 0.118. The third-order valence-corrected chi connectivity index (χ3v) is 6.24. The van der Waals surface area contributed by atoms with E-state index in [2.05, 4.69) is 35.0 Å². The summed E-state index contributed by atoms with van der Waals surface area (Å²) in [7, 11) is 3.15. The minimum Gasteiger partial charge on any atom is -0.331 e. The predicted octanol–water partition coefficient (Wildman–Crippen LogP) is 7.63. The van der Waals surface area contributed by atoms with Crippen molar-refractivity contribution < 1.29 is 17.5 Å². The van der Waals surface area contributed by atoms with Gasteiger partial charge >= 0.3 is 0 Å². The average molecular weight is 451 g/mol. The Morgan fingerprint density at radius 2 is 0.833 bits per heavy atom. The highest BCUT2D eigenvalue weighted by molar-refractivity contribution is 7.85. The first-order valence-corrected chi connectivity index (χ1v) is 14.5. The van der Waals surface area contributed by atoms with Gasteiger partial charge in [0.15, 0.2) is 0 Å². The molecule has 0 amide bonds. The molecular formula is C25H56NO3S+. The predicted molar refractivity (Wildman–Crippen MR) is 134 cm³/mol. The maximum absolute atomic E-state index is 10.3. The van der Waals surface area contributed by atoms with Gasteiger partial charge in [-0.05, 0) is 19.3 Å². The number of unbranched alkanes of at least 4 members (excludes halogenated alkanes) is 16. The molecule has 1 N–H and O–H groups in total. The van der Waals surface area contributed by atoms with Crippen molar-refractivity contribution in [1.29, 1.82) is 0 Å². The van der Waals surface area contributed by atoms with E-state index >= 15 is 0 Å². The molecule has 0 aromatic heterocycles. The Labute approximate surface area is 190 Å². The van der Waals surface area contributed by atoms with E-state index in [4.69, 9.17) is 4.55 Å². The highest BCUT2D eigenvalue weighted by atomic mass is 32.2. The van der Waals surface area contributed by atoms with Gasteiger partial charge in [0.2, 0.25) is 0 Å². The lowest BCUT2D eigenvalue weighted by atomic mass is 10.1. The second-order valence-electron chi connectivity index (χ2n) is 9.96. The van der Waals surface area contributed by atoms with Crippen LogP contribution in [0.15, 0.2) is 0 Å². The largest absolute Gasteiger partial charge is 0.331 e. The third kappa shape index (κ3) is 35.3. The van der Waals surface area contributed by atoms with Crippen LogP contribution in [0.3, 0.4) is 0 Å². The van der Waals surface area contributed by atoms with Gasteiger partial charge in [0.05, 0.1) is 33.4 Å². The Balaban J connectivity index is 0. The summed E-state index contributed by atoms with van der Waals surface area (Å²) >= 11 is 0. The molecule has 0 rings (SSSR count). The van der Waals surface area contributed by atoms with Crippen LogP contribution in [0.2, 0.25) is 0 Å². The zero-order valence-corrected chi connectivity index (χ0v) is 22.1. The molecule has 0 radical (unpaired) electrons. The average Bonchev–Trinajstić information content (AvgIpc) is 2.64. The van der Waals surface area contributed by atoms with E-state index in [-0.39, 0.29) is 5.75 Å². The Kier molecular flexibility index (Phi) is 23.6. The van der Waals surface area contributed by atoms with Crippen molar-refractivity contribution >= 4 is 10.1 Å². The number of quaternary nitrogens is 1. The topological polar surface area (TPSA) is 54.4 Å². The molecule has 0 aromatic rings. The number of nitrogens with zero attached hydrogens (tertiary/aromatic N) is 1. The second kappa shape index (κ2) is 22.1. The number of rotatable bonds is 20. The molecular weight excluding hydrogens is 394 g/mol. The van der Waals surface area contributed by atoms with Gasteiger partial charge < -0.3 is 4.48 Å². The van der Waals surface area contributed by atoms with Crippen molar-refractivity contribution in [3.63, 3.8) is 0 Å². The van der Waals surface area contributed by atoms with Gasteiger partial charge in [-0.1, -0.05) is 110 Å². The zero-order valence-electron chi connectivity index (χ0n) is 21.3. The van der Waals surface area contributed by atoms with Crippen molar-refractivity contribution in [2.24, 2.45) is 0 Å². The van der Waals surface area contributed by atoms with Crippen LogP contribution < -0.4 is 0 Å². The summed E-state index contributed by atoms with van der Waals surface area (Å²) < 4.78 is 30.1. The second-order valence-corrected chi connectivity index (χ2v) is 11.5. The summed E-state index contributed by atoms with van der Waals surface area (Å²) in [6.07, 6.45) is 23.5. The van der Waals surface area contributed by atoms with E-state index in [1.165, 1.54) is 103 Å². The van der Waals surface area contributed by atoms with Crippen LogP contribution in [-0.2, 0) is 10.1 Å². The van der Waals surface area contributed by atoms with Crippen molar-refractivity contribution in [3.8, 4) is 0 Å². The molecule has 0 aliphatic rings. The third-order valence-electron chi connectivity index (χ3n) is 5.44. The lowest BCUT2D eigenvalue weighted by molar-refractivity contribution is -0.870. The summed E-state index contributed by atoms with van der Waals surface area (Å²) in [6, 6.07) is 0. The molecule has 0 aromatic carbocycles. The number of hydrogen-bond donors (Lipinski definition) is 1. The van der Waals surface area contributed by atoms with E-state index in [1.54, 1.807) is 0 Å². The highest BCUT2D eigenvalue weighted by Crippen LogP contribution is 2.12. The Hall–Kier alpha value is -0.130. The molecule has 0 spiro atoms. The lowest BCUT2D eigenvalue weighted by Crippen LogP contribution is -2.35. The van der Waals surface area contributed by atoms with Gasteiger partial charge in [0.25, 0.3) is 10.1 Å². The van der Waals surface area contributed by atoms with Crippen LogP contribution in [0, 0.1) is 0 Å². The zero-order chi connectivity index (χ0) is 23.1. The van der Waals surface area contributed by atoms with E-state index in [0.717, 1.165) is 17.3 Å². The van der Waals surface area contributed by atoms with Crippen LogP contribution in [-0.4, -0.2) is 50.9 Å². The van der Waals surface area contributed by atoms with Crippen molar-refractivity contribution in [2.45, 2.75) is 129 Å². The number of hydrogen-bond acceptors (Lipinski definition) is 2. The first kappa shape index (κ1) is 32.1. The van der Waals surface area contributed by atoms with Crippen molar-refractivity contribution in [2.75, 3.05) is 33.4 Å². The standard InChI is InChI=1S/C17H38N.C8H18O3S/c1-5-6-7-8-9-10-11-12-13-14-15-16-17-18(2,3)4;1-2-3-4-5-6-7-8-12(9,10)11/h5-17H2,1-4H3;2-8H2,1H3,(H,9,10,11)/q+1;. The van der Waals surface area contributed by atoms with Crippen LogP contribution in [0.25, 0.3) is 0 Å². The highest BCUT2D eigenvalue weighted by Gasteiger charge is 2.05. The monoisotopic (exact) mass is 450 g/mol. The minimum absolute atomic E-state index is 0.0842. The summed E-state index contributed by atoms with van der Waals surface area (Å²) in [5.74, 6) is -0.0842. The van der Waals surface area contributed by atoms with Crippen LogP contribution in [0.4, 0.5) is 0 Å². The van der Waals surface area contributed by atoms with Gasteiger partial charge in [0.1, 0.15) is 0 Å². The first-order chi connectivity index (χ1) is 14.1. The molecule has 4 nitrogen and oxygen atoms in total. The minimum atomic E-state index is -3.72. The summed E-state index contributed by atoms with van der Waals surface area (Å²) in [5.41, 5.74) is 0. The fourth-order valence-corrected chi connectivity index (χ4v) is 4.06. The van der Waals surface area contributed by atoms with Crippen LogP contribution in [0.5, 0.6) is 0 Å². The Morgan fingerprint density at radius 3 is 1.13 bits per heavy atom. The van der Waals surface area contributed by atoms with Gasteiger partial charge in [-0.2, -0.15) is 8.42 Å². The molecule has 0 unspecified atom stereocenters. The molecule has 5 heteroatoms. The van der Waals surface area contributed by atoms with Crippen LogP contribution >= 0.6 is 0 Å². The van der Waals surface area contributed by atoms with E-state index in [1.807, 2.05) is 0 Å². The molecule has 184 valence electrons. The molecule has 0 saturated carbocycles. The van der Waals surface area contributed by atoms with Gasteiger partial charge in [-0.25, -0.2) is 0 Å². The summed E-state index contributed by atoms with van der Waals surface area (Å²) in [6.45, 7) is 5.76. The maximum Gasteiger partial charge on any atom is 0.264 e. The summed E-state index contributed by atoms with van der Waals surface area (Å²) in [5, 5.41) is 0. The maximum atomic E-state index is 10.3. The SMILES string of the molecule is CCCCCCCCCCCCCC[N+](C)(C)C.CCCCCCCCS(=O)(=O)O. The fraction of sp³-hybridized carbons (Fsp3) is 1.00. The van der Waals surface area contributed by atoms with Gasteiger partial charge in [-0.3, -0.25) is 4.55 Å². The van der Waals surface area contributed by atoms with E-state index in [0.29, 0.717) is 6.42 Å². The molecule has 0 aliphatic heterocycles. The van der Waals surface area contributed by atoms with E-state index < -0.39 is 10.1 Å². The van der Waals surface area contributed by atoms with Crippen molar-refractivity contribution in [1.82, 2.24) is 0 Å². The molecule has 0 saturated heterocycles. The van der Waals surface area contributed by atoms with E-state index in [9.17, 15) is 8.42 Å². The Bertz CT molecular complexity index is 430. The Morgan fingerprint density at radius 1 is 0.533 bits per heavy atom. The van der Waals surface area contributed by atoms with Gasteiger partial charge in [-0.15, -0.1) is 0 Å². The van der Waals surface area contributed by atoms with Crippen molar-refractivity contribution in [3.05, 3.63) is 0 Å². The molecule has 30 heavy (non-hydrogen) atoms. The van der Waals surface area contributed by atoms with Crippen LogP contribution in [0.1, 0.15) is 129 Å². The molecule has 0 heterocycles. The smallest absolute Gasteiger partial charge is 0.264 e. The fourth-order valence-electron chi connectivity index (χ4n) is 3.49. The molecule has 0 aliphatic carbocycles. The normalized spacial score (nSPS) is 11.9. The molecule has 0 atom stereocenters.